The highest BCUT2D eigenvalue weighted by atomic mass is 35.5. The normalized spacial score (nSPS) is 18.2. The molecular weight excluding hydrogens is 410 g/mol. The van der Waals surface area contributed by atoms with Crippen LogP contribution in [0.5, 0.6) is 0 Å². The minimum Gasteiger partial charge on any atom is -0.480 e. The van der Waals surface area contributed by atoms with E-state index < -0.39 is 12.0 Å². The van der Waals surface area contributed by atoms with Crippen LogP contribution >= 0.6 is 11.6 Å². The summed E-state index contributed by atoms with van der Waals surface area (Å²) in [7, 11) is 0. The number of amides is 1. The van der Waals surface area contributed by atoms with Crippen LogP contribution in [0.25, 0.3) is 11.1 Å². The minimum absolute atomic E-state index is 0.258. The molecule has 3 aromatic rings. The van der Waals surface area contributed by atoms with Crippen molar-refractivity contribution < 1.29 is 14.7 Å². The number of halogens is 1. The number of carbonyl (C=O) groups excluding carboxylic acids is 1. The summed E-state index contributed by atoms with van der Waals surface area (Å²) in [5.74, 6) is -1.25. The summed E-state index contributed by atoms with van der Waals surface area (Å²) < 4.78 is 0. The monoisotopic (exact) mass is 433 g/mol. The average molecular weight is 434 g/mol. The van der Waals surface area contributed by atoms with Gasteiger partial charge in [0.2, 0.25) is 0 Å². The molecule has 2 unspecified atom stereocenters. The maximum atomic E-state index is 14.1. The lowest BCUT2D eigenvalue weighted by atomic mass is 9.92. The van der Waals surface area contributed by atoms with E-state index in [-0.39, 0.29) is 11.9 Å². The predicted molar refractivity (Wildman–Crippen MR) is 122 cm³/mol. The van der Waals surface area contributed by atoms with Crippen LogP contribution in [0.1, 0.15) is 47.3 Å². The fourth-order valence-corrected chi connectivity index (χ4v) is 4.78. The second-order valence-electron chi connectivity index (χ2n) is 7.74. The number of carboxylic acids is 1. The first-order valence-electron chi connectivity index (χ1n) is 10.5. The van der Waals surface area contributed by atoms with Crippen LogP contribution in [-0.2, 0) is 11.2 Å². The van der Waals surface area contributed by atoms with Gasteiger partial charge in [0.25, 0.3) is 5.91 Å². The number of carbonyl (C=O) groups is 2. The molecule has 0 saturated carbocycles. The molecule has 1 N–H and O–H groups in total. The summed E-state index contributed by atoms with van der Waals surface area (Å²) >= 11 is 6.45. The van der Waals surface area contributed by atoms with Gasteiger partial charge in [-0.1, -0.05) is 85.3 Å². The van der Waals surface area contributed by atoms with Crippen LogP contribution in [0.2, 0.25) is 5.02 Å². The summed E-state index contributed by atoms with van der Waals surface area (Å²) in [6, 6.07) is 21.7. The molecule has 0 aromatic heterocycles. The van der Waals surface area contributed by atoms with Gasteiger partial charge in [-0.3, -0.25) is 4.79 Å². The van der Waals surface area contributed by atoms with Crippen molar-refractivity contribution in [1.82, 2.24) is 4.90 Å². The van der Waals surface area contributed by atoms with Crippen molar-refractivity contribution in [1.29, 1.82) is 0 Å². The van der Waals surface area contributed by atoms with E-state index in [1.165, 1.54) is 4.90 Å². The Kier molecular flexibility index (Phi) is 6.10. The van der Waals surface area contributed by atoms with Crippen molar-refractivity contribution in [2.24, 2.45) is 0 Å². The smallest absolute Gasteiger partial charge is 0.326 e. The SMILES string of the molecule is CCc1cccc(-c2ccccc2)c1C(=O)N1C(C(=O)O)CCC1c1ccccc1Cl. The topological polar surface area (TPSA) is 57.6 Å². The minimum atomic E-state index is -0.988. The summed E-state index contributed by atoms with van der Waals surface area (Å²) in [5, 5.41) is 10.4. The maximum Gasteiger partial charge on any atom is 0.326 e. The fourth-order valence-electron chi connectivity index (χ4n) is 4.52. The molecule has 1 heterocycles. The van der Waals surface area contributed by atoms with Gasteiger partial charge in [-0.2, -0.15) is 0 Å². The highest BCUT2D eigenvalue weighted by Crippen LogP contribution is 2.41. The highest BCUT2D eigenvalue weighted by molar-refractivity contribution is 6.31. The lowest BCUT2D eigenvalue weighted by Gasteiger charge is -2.31. The van der Waals surface area contributed by atoms with Gasteiger partial charge in [0, 0.05) is 5.02 Å². The molecule has 5 heteroatoms. The average Bonchev–Trinajstić information content (AvgIpc) is 3.24. The van der Waals surface area contributed by atoms with E-state index in [1.54, 1.807) is 6.07 Å². The van der Waals surface area contributed by atoms with Crippen molar-refractivity contribution in [2.45, 2.75) is 38.3 Å². The van der Waals surface area contributed by atoms with Crippen LogP contribution in [-0.4, -0.2) is 27.9 Å². The number of aliphatic carboxylic acids is 1. The zero-order valence-electron chi connectivity index (χ0n) is 17.3. The zero-order chi connectivity index (χ0) is 22.0. The van der Waals surface area contributed by atoms with E-state index in [9.17, 15) is 14.7 Å². The molecule has 1 fully saturated rings. The molecule has 4 nitrogen and oxygen atoms in total. The van der Waals surface area contributed by atoms with Gasteiger partial charge < -0.3 is 10.0 Å². The Balaban J connectivity index is 1.87. The van der Waals surface area contributed by atoms with Crippen LogP contribution < -0.4 is 0 Å². The molecule has 31 heavy (non-hydrogen) atoms. The molecule has 1 amide bonds. The Hall–Kier alpha value is -3.11. The van der Waals surface area contributed by atoms with Crippen molar-refractivity contribution in [3.05, 3.63) is 94.5 Å². The van der Waals surface area contributed by atoms with Crippen molar-refractivity contribution in [2.75, 3.05) is 0 Å². The molecule has 2 atom stereocenters. The van der Waals surface area contributed by atoms with Crippen molar-refractivity contribution in [3.8, 4) is 11.1 Å². The fraction of sp³-hybridized carbons (Fsp3) is 0.231. The largest absolute Gasteiger partial charge is 0.480 e. The third kappa shape index (κ3) is 3.96. The number of nitrogens with zero attached hydrogens (tertiary/aromatic N) is 1. The van der Waals surface area contributed by atoms with Crippen LogP contribution in [0.4, 0.5) is 0 Å². The van der Waals surface area contributed by atoms with Gasteiger partial charge in [-0.05, 0) is 47.6 Å². The van der Waals surface area contributed by atoms with E-state index in [1.807, 2.05) is 73.7 Å². The predicted octanol–water partition coefficient (Wildman–Crippen LogP) is 6.00. The van der Waals surface area contributed by atoms with Gasteiger partial charge in [-0.15, -0.1) is 0 Å². The Labute approximate surface area is 187 Å². The Bertz CT molecular complexity index is 1110. The van der Waals surface area contributed by atoms with Gasteiger partial charge in [0.05, 0.1) is 11.6 Å². The van der Waals surface area contributed by atoms with E-state index in [2.05, 4.69) is 0 Å². The van der Waals surface area contributed by atoms with Crippen molar-refractivity contribution >= 4 is 23.5 Å². The van der Waals surface area contributed by atoms with Gasteiger partial charge in [-0.25, -0.2) is 4.79 Å². The van der Waals surface area contributed by atoms with E-state index >= 15 is 0 Å². The second-order valence-corrected chi connectivity index (χ2v) is 8.15. The molecule has 4 rings (SSSR count). The molecule has 0 bridgehead atoms. The molecule has 0 aliphatic carbocycles. The number of rotatable bonds is 5. The van der Waals surface area contributed by atoms with Gasteiger partial charge in [0.15, 0.2) is 0 Å². The molecular formula is C26H24ClNO3. The zero-order valence-corrected chi connectivity index (χ0v) is 18.0. The molecule has 1 saturated heterocycles. The van der Waals surface area contributed by atoms with Gasteiger partial charge in [0.1, 0.15) is 6.04 Å². The van der Waals surface area contributed by atoms with Crippen LogP contribution in [0, 0.1) is 0 Å². The third-order valence-corrected chi connectivity index (χ3v) is 6.34. The molecule has 0 radical (unpaired) electrons. The summed E-state index contributed by atoms with van der Waals surface area (Å²) in [6.45, 7) is 2.01. The van der Waals surface area contributed by atoms with E-state index in [0.717, 1.165) is 22.3 Å². The Morgan fingerprint density at radius 1 is 0.968 bits per heavy atom. The van der Waals surface area contributed by atoms with Crippen molar-refractivity contribution in [3.63, 3.8) is 0 Å². The number of benzene rings is 3. The van der Waals surface area contributed by atoms with E-state index in [0.29, 0.717) is 29.8 Å². The summed E-state index contributed by atoms with van der Waals surface area (Å²) in [5.41, 5.74) is 4.01. The third-order valence-electron chi connectivity index (χ3n) is 6.00. The molecule has 0 spiro atoms. The molecule has 1 aliphatic heterocycles. The lowest BCUT2D eigenvalue weighted by Crippen LogP contribution is -2.42. The van der Waals surface area contributed by atoms with E-state index in [4.69, 9.17) is 11.6 Å². The molecule has 1 aliphatic rings. The summed E-state index contributed by atoms with van der Waals surface area (Å²) in [6.07, 6.45) is 1.62. The number of likely N-dealkylation sites (tertiary alicyclic amines) is 1. The number of hydrogen-bond donors (Lipinski definition) is 1. The Morgan fingerprint density at radius 3 is 2.35 bits per heavy atom. The lowest BCUT2D eigenvalue weighted by molar-refractivity contribution is -0.141. The maximum absolute atomic E-state index is 14.1. The second kappa shape index (κ2) is 8.94. The number of aryl methyl sites for hydroxylation is 1. The Morgan fingerprint density at radius 2 is 1.68 bits per heavy atom. The first-order valence-corrected chi connectivity index (χ1v) is 10.9. The van der Waals surface area contributed by atoms with Crippen LogP contribution in [0.15, 0.2) is 72.8 Å². The molecule has 158 valence electrons. The summed E-state index contributed by atoms with van der Waals surface area (Å²) in [4.78, 5) is 27.7. The van der Waals surface area contributed by atoms with Gasteiger partial charge >= 0.3 is 5.97 Å². The first kappa shape index (κ1) is 21.1. The number of hydrogen-bond acceptors (Lipinski definition) is 2. The van der Waals surface area contributed by atoms with Crippen LogP contribution in [0.3, 0.4) is 0 Å². The highest BCUT2D eigenvalue weighted by Gasteiger charge is 2.43. The first-order chi connectivity index (χ1) is 15.0. The standard InChI is InChI=1S/C26H24ClNO3/c1-2-17-11-8-13-19(18-9-4-3-5-10-18)24(17)25(29)28-22(15-16-23(28)26(30)31)20-12-6-7-14-21(20)27/h3-14,22-23H,2,15-16H2,1H3,(H,30,31). The molecule has 3 aromatic carbocycles. The number of carboxylic acid groups (broad SMARTS) is 1. The quantitative estimate of drug-likeness (QED) is 0.536.